The van der Waals surface area contributed by atoms with Crippen molar-refractivity contribution in [1.29, 1.82) is 0 Å². The molecule has 0 saturated carbocycles. The number of thiazole rings is 1. The van der Waals surface area contributed by atoms with E-state index < -0.39 is 0 Å². The van der Waals surface area contributed by atoms with Crippen LogP contribution in [0.4, 0.5) is 5.13 Å². The quantitative estimate of drug-likeness (QED) is 0.641. The van der Waals surface area contributed by atoms with E-state index in [1.165, 1.54) is 16.9 Å². The molecule has 0 saturated heterocycles. The SMILES string of the molecule is Cc1ccc(-c2csc(NC(=O)CNC(=O)COc3ccccc3)n2)c(C)c1. The zero-order chi connectivity index (χ0) is 19.9. The Labute approximate surface area is 167 Å². The molecule has 0 aliphatic heterocycles. The molecule has 0 aliphatic rings. The number of nitrogens with zero attached hydrogens (tertiary/aromatic N) is 1. The predicted molar refractivity (Wildman–Crippen MR) is 111 cm³/mol. The number of rotatable bonds is 7. The molecular formula is C21H21N3O3S. The predicted octanol–water partition coefficient (Wildman–Crippen LogP) is 3.56. The molecule has 28 heavy (non-hydrogen) atoms. The smallest absolute Gasteiger partial charge is 0.258 e. The van der Waals surface area contributed by atoms with E-state index >= 15 is 0 Å². The molecule has 1 aromatic heterocycles. The van der Waals surface area contributed by atoms with Crippen molar-refractivity contribution in [2.75, 3.05) is 18.5 Å². The standard InChI is InChI=1S/C21H21N3O3S/c1-14-8-9-17(15(2)10-14)18-13-28-21(23-18)24-19(25)11-22-20(26)12-27-16-6-4-3-5-7-16/h3-10,13H,11-12H2,1-2H3,(H,22,26)(H,23,24,25). The Morgan fingerprint density at radius 3 is 2.61 bits per heavy atom. The number of nitrogens with one attached hydrogen (secondary N) is 2. The number of hydrogen-bond donors (Lipinski definition) is 2. The fourth-order valence-electron chi connectivity index (χ4n) is 2.61. The van der Waals surface area contributed by atoms with Gasteiger partial charge in [0.1, 0.15) is 5.75 Å². The average Bonchev–Trinajstić information content (AvgIpc) is 3.13. The normalized spacial score (nSPS) is 10.4. The summed E-state index contributed by atoms with van der Waals surface area (Å²) in [6.07, 6.45) is 0. The van der Waals surface area contributed by atoms with E-state index in [9.17, 15) is 9.59 Å². The van der Waals surface area contributed by atoms with Crippen molar-refractivity contribution in [2.45, 2.75) is 13.8 Å². The van der Waals surface area contributed by atoms with Crippen molar-refractivity contribution < 1.29 is 14.3 Å². The average molecular weight is 395 g/mol. The van der Waals surface area contributed by atoms with Crippen LogP contribution < -0.4 is 15.4 Å². The van der Waals surface area contributed by atoms with Crippen LogP contribution in [0, 0.1) is 13.8 Å². The summed E-state index contributed by atoms with van der Waals surface area (Å²) in [5.41, 5.74) is 4.18. The molecule has 7 heteroatoms. The van der Waals surface area contributed by atoms with Gasteiger partial charge in [0.15, 0.2) is 11.7 Å². The van der Waals surface area contributed by atoms with Gasteiger partial charge in [-0.05, 0) is 31.5 Å². The second kappa shape index (κ2) is 9.14. The monoisotopic (exact) mass is 395 g/mol. The zero-order valence-electron chi connectivity index (χ0n) is 15.7. The van der Waals surface area contributed by atoms with Crippen LogP contribution in [0.3, 0.4) is 0 Å². The Balaban J connectivity index is 1.47. The molecule has 2 N–H and O–H groups in total. The number of hydrogen-bond acceptors (Lipinski definition) is 5. The number of ether oxygens (including phenoxy) is 1. The van der Waals surface area contributed by atoms with Gasteiger partial charge in [0.05, 0.1) is 12.2 Å². The van der Waals surface area contributed by atoms with Gasteiger partial charge in [-0.3, -0.25) is 9.59 Å². The van der Waals surface area contributed by atoms with E-state index in [4.69, 9.17) is 4.74 Å². The summed E-state index contributed by atoms with van der Waals surface area (Å²) in [5, 5.41) is 7.63. The third kappa shape index (κ3) is 5.40. The minimum absolute atomic E-state index is 0.143. The summed E-state index contributed by atoms with van der Waals surface area (Å²) >= 11 is 1.35. The minimum atomic E-state index is -0.367. The molecule has 0 spiro atoms. The first-order chi connectivity index (χ1) is 13.5. The molecule has 0 unspecified atom stereocenters. The van der Waals surface area contributed by atoms with Crippen LogP contribution in [0.5, 0.6) is 5.75 Å². The van der Waals surface area contributed by atoms with Crippen molar-refractivity contribution in [3.05, 3.63) is 65.0 Å². The van der Waals surface area contributed by atoms with Crippen LogP contribution in [0.25, 0.3) is 11.3 Å². The van der Waals surface area contributed by atoms with E-state index in [1.807, 2.05) is 49.6 Å². The molecule has 6 nitrogen and oxygen atoms in total. The molecule has 0 fully saturated rings. The lowest BCUT2D eigenvalue weighted by atomic mass is 10.0. The van der Waals surface area contributed by atoms with E-state index in [-0.39, 0.29) is 25.0 Å². The molecule has 3 rings (SSSR count). The highest BCUT2D eigenvalue weighted by Gasteiger charge is 2.11. The number of para-hydroxylation sites is 1. The second-order valence-corrected chi connectivity index (χ2v) is 7.14. The molecule has 0 atom stereocenters. The van der Waals surface area contributed by atoms with Gasteiger partial charge >= 0.3 is 0 Å². The number of amides is 2. The number of carbonyl (C=O) groups is 2. The van der Waals surface area contributed by atoms with E-state index in [0.29, 0.717) is 10.9 Å². The van der Waals surface area contributed by atoms with Crippen molar-refractivity contribution in [2.24, 2.45) is 0 Å². The summed E-state index contributed by atoms with van der Waals surface area (Å²) in [6, 6.07) is 15.2. The highest BCUT2D eigenvalue weighted by atomic mass is 32.1. The van der Waals surface area contributed by atoms with Gasteiger partial charge in [0, 0.05) is 10.9 Å². The van der Waals surface area contributed by atoms with E-state index in [2.05, 4.69) is 21.7 Å². The van der Waals surface area contributed by atoms with Gasteiger partial charge in [-0.2, -0.15) is 0 Å². The molecule has 144 valence electrons. The third-order valence-corrected chi connectivity index (χ3v) is 4.73. The molecule has 2 aromatic carbocycles. The lowest BCUT2D eigenvalue weighted by Gasteiger charge is -2.07. The fraction of sp³-hybridized carbons (Fsp3) is 0.190. The van der Waals surface area contributed by atoms with Gasteiger partial charge in [-0.1, -0.05) is 42.0 Å². The van der Waals surface area contributed by atoms with Gasteiger partial charge in [-0.15, -0.1) is 11.3 Å². The molecule has 1 heterocycles. The molecule has 0 bridgehead atoms. The van der Waals surface area contributed by atoms with Crippen molar-refractivity contribution in [1.82, 2.24) is 10.3 Å². The van der Waals surface area contributed by atoms with Crippen molar-refractivity contribution >= 4 is 28.3 Å². The maximum Gasteiger partial charge on any atom is 0.258 e. The summed E-state index contributed by atoms with van der Waals surface area (Å²) in [7, 11) is 0. The van der Waals surface area contributed by atoms with Gasteiger partial charge in [0.25, 0.3) is 5.91 Å². The van der Waals surface area contributed by atoms with Crippen LogP contribution in [0.1, 0.15) is 11.1 Å². The highest BCUT2D eigenvalue weighted by molar-refractivity contribution is 7.14. The van der Waals surface area contributed by atoms with E-state index in [1.54, 1.807) is 12.1 Å². The highest BCUT2D eigenvalue weighted by Crippen LogP contribution is 2.27. The molecule has 2 amide bonds. The number of anilines is 1. The first-order valence-electron chi connectivity index (χ1n) is 8.79. The number of benzene rings is 2. The summed E-state index contributed by atoms with van der Waals surface area (Å²) in [4.78, 5) is 28.3. The summed E-state index contributed by atoms with van der Waals surface area (Å²) in [5.74, 6) is -0.104. The Hall–Kier alpha value is -3.19. The van der Waals surface area contributed by atoms with Gasteiger partial charge in [0.2, 0.25) is 5.91 Å². The summed E-state index contributed by atoms with van der Waals surface area (Å²) in [6.45, 7) is 3.79. The van der Waals surface area contributed by atoms with Gasteiger partial charge < -0.3 is 15.4 Å². The third-order valence-electron chi connectivity index (χ3n) is 3.97. The minimum Gasteiger partial charge on any atom is -0.484 e. The lowest BCUT2D eigenvalue weighted by Crippen LogP contribution is -2.35. The lowest BCUT2D eigenvalue weighted by molar-refractivity contribution is -0.125. The molecular weight excluding hydrogens is 374 g/mol. The number of aromatic nitrogens is 1. The zero-order valence-corrected chi connectivity index (χ0v) is 16.5. The maximum atomic E-state index is 12.0. The number of aryl methyl sites for hydroxylation is 2. The van der Waals surface area contributed by atoms with Crippen molar-refractivity contribution in [3.8, 4) is 17.0 Å². The first kappa shape index (κ1) is 19.6. The molecule has 0 radical (unpaired) electrons. The van der Waals surface area contributed by atoms with Crippen LogP contribution in [-0.2, 0) is 9.59 Å². The Kier molecular flexibility index (Phi) is 6.39. The first-order valence-corrected chi connectivity index (χ1v) is 9.67. The Morgan fingerprint density at radius 1 is 1.07 bits per heavy atom. The second-order valence-electron chi connectivity index (χ2n) is 6.28. The van der Waals surface area contributed by atoms with E-state index in [0.717, 1.165) is 16.8 Å². The largest absolute Gasteiger partial charge is 0.484 e. The fourth-order valence-corrected chi connectivity index (χ4v) is 3.34. The van der Waals surface area contributed by atoms with Crippen LogP contribution in [0.2, 0.25) is 0 Å². The Bertz CT molecular complexity index is 970. The summed E-state index contributed by atoms with van der Waals surface area (Å²) < 4.78 is 5.34. The Morgan fingerprint density at radius 2 is 1.86 bits per heavy atom. The number of carbonyl (C=O) groups excluding carboxylic acids is 2. The molecule has 0 aliphatic carbocycles. The van der Waals surface area contributed by atoms with Crippen LogP contribution >= 0.6 is 11.3 Å². The maximum absolute atomic E-state index is 12.0. The molecule has 3 aromatic rings. The van der Waals surface area contributed by atoms with Crippen molar-refractivity contribution in [3.63, 3.8) is 0 Å². The van der Waals surface area contributed by atoms with Gasteiger partial charge in [-0.25, -0.2) is 4.98 Å². The van der Waals surface area contributed by atoms with Crippen LogP contribution in [0.15, 0.2) is 53.9 Å². The topological polar surface area (TPSA) is 80.3 Å². The van der Waals surface area contributed by atoms with Crippen LogP contribution in [-0.4, -0.2) is 29.9 Å².